The number of carboxylic acids is 1. The summed E-state index contributed by atoms with van der Waals surface area (Å²) in [5.74, 6) is 0.325. The minimum Gasteiger partial charge on any atom is -0.497 e. The molecule has 1 aromatic heterocycles. The summed E-state index contributed by atoms with van der Waals surface area (Å²) in [4.78, 5) is 10.7. The van der Waals surface area contributed by atoms with E-state index in [1.165, 1.54) is 0 Å². The lowest BCUT2D eigenvalue weighted by molar-refractivity contribution is -0.136. The van der Waals surface area contributed by atoms with Crippen molar-refractivity contribution in [3.8, 4) is 5.75 Å². The Balaban J connectivity index is 1.99. The van der Waals surface area contributed by atoms with E-state index in [0.717, 1.165) is 23.1 Å². The number of thioether (sulfide) groups is 1. The van der Waals surface area contributed by atoms with Crippen LogP contribution >= 0.6 is 11.8 Å². The van der Waals surface area contributed by atoms with Crippen molar-refractivity contribution >= 4 is 17.7 Å². The monoisotopic (exact) mass is 294 g/mol. The number of nitrogens with zero attached hydrogens (tertiary/aromatic N) is 2. The van der Waals surface area contributed by atoms with Crippen molar-refractivity contribution in [2.45, 2.75) is 23.8 Å². The van der Waals surface area contributed by atoms with E-state index in [1.807, 2.05) is 24.3 Å². The maximum atomic E-state index is 10.7. The van der Waals surface area contributed by atoms with Crippen LogP contribution in [0.15, 0.2) is 33.9 Å². The summed E-state index contributed by atoms with van der Waals surface area (Å²) in [5.41, 5.74) is 1.01. The quantitative estimate of drug-likeness (QED) is 0.817. The van der Waals surface area contributed by atoms with Crippen LogP contribution in [0.5, 0.6) is 5.75 Å². The maximum Gasteiger partial charge on any atom is 0.316 e. The second-order valence-electron chi connectivity index (χ2n) is 4.08. The molecule has 1 aromatic carbocycles. The van der Waals surface area contributed by atoms with Gasteiger partial charge in [0.2, 0.25) is 5.89 Å². The van der Waals surface area contributed by atoms with Crippen LogP contribution in [0.1, 0.15) is 18.4 Å². The molecule has 20 heavy (non-hydrogen) atoms. The van der Waals surface area contributed by atoms with Gasteiger partial charge < -0.3 is 14.3 Å². The average Bonchev–Trinajstić information content (AvgIpc) is 2.86. The van der Waals surface area contributed by atoms with Gasteiger partial charge in [-0.05, 0) is 24.6 Å². The van der Waals surface area contributed by atoms with Crippen LogP contribution in [0.25, 0.3) is 0 Å². The van der Waals surface area contributed by atoms with E-state index < -0.39 is 11.2 Å². The summed E-state index contributed by atoms with van der Waals surface area (Å²) < 4.78 is 10.5. The number of hydrogen-bond acceptors (Lipinski definition) is 6. The third kappa shape index (κ3) is 3.74. The normalized spacial score (nSPS) is 12.1. The number of carboxylic acid groups (broad SMARTS) is 1. The molecule has 6 nitrogen and oxygen atoms in total. The molecule has 0 bridgehead atoms. The molecule has 2 aromatic rings. The molecule has 1 atom stereocenters. The predicted molar refractivity (Wildman–Crippen MR) is 73.1 cm³/mol. The van der Waals surface area contributed by atoms with Crippen LogP contribution in [0, 0.1) is 0 Å². The highest BCUT2D eigenvalue weighted by Gasteiger charge is 2.17. The van der Waals surface area contributed by atoms with Crippen LogP contribution < -0.4 is 4.74 Å². The van der Waals surface area contributed by atoms with Crippen molar-refractivity contribution in [1.29, 1.82) is 0 Å². The highest BCUT2D eigenvalue weighted by Crippen LogP contribution is 2.23. The van der Waals surface area contributed by atoms with Gasteiger partial charge in [-0.15, -0.1) is 10.2 Å². The Morgan fingerprint density at radius 2 is 2.10 bits per heavy atom. The topological polar surface area (TPSA) is 85.5 Å². The first-order chi connectivity index (χ1) is 9.58. The summed E-state index contributed by atoms with van der Waals surface area (Å²) in [6.45, 7) is 1.57. The van der Waals surface area contributed by atoms with E-state index in [-0.39, 0.29) is 5.22 Å². The smallest absolute Gasteiger partial charge is 0.316 e. The molecule has 0 amide bonds. The number of methoxy groups -OCH3 is 1. The summed E-state index contributed by atoms with van der Waals surface area (Å²) in [6, 6.07) is 7.53. The summed E-state index contributed by atoms with van der Waals surface area (Å²) in [5, 5.41) is 16.2. The van der Waals surface area contributed by atoms with Crippen molar-refractivity contribution in [1.82, 2.24) is 10.2 Å². The van der Waals surface area contributed by atoms with Crippen molar-refractivity contribution in [2.75, 3.05) is 7.11 Å². The molecule has 0 saturated heterocycles. The number of aliphatic carboxylic acids is 1. The molecule has 0 radical (unpaired) electrons. The second kappa shape index (κ2) is 6.42. The minimum absolute atomic E-state index is 0.267. The number of aromatic nitrogens is 2. The van der Waals surface area contributed by atoms with Gasteiger partial charge in [0, 0.05) is 0 Å². The molecule has 1 unspecified atom stereocenters. The van der Waals surface area contributed by atoms with Crippen molar-refractivity contribution < 1.29 is 19.1 Å². The summed E-state index contributed by atoms with van der Waals surface area (Å²) in [6.07, 6.45) is 0.499. The van der Waals surface area contributed by atoms with Crippen LogP contribution in [-0.4, -0.2) is 33.6 Å². The summed E-state index contributed by atoms with van der Waals surface area (Å²) >= 11 is 1.03. The average molecular weight is 294 g/mol. The number of benzene rings is 1. The molecule has 106 valence electrons. The van der Waals surface area contributed by atoms with Gasteiger partial charge >= 0.3 is 5.97 Å². The first kappa shape index (κ1) is 14.4. The Morgan fingerprint density at radius 1 is 1.40 bits per heavy atom. The van der Waals surface area contributed by atoms with Gasteiger partial charge in [0.15, 0.2) is 0 Å². The van der Waals surface area contributed by atoms with Crippen LogP contribution in [0.4, 0.5) is 0 Å². The maximum absolute atomic E-state index is 10.7. The molecule has 0 aliphatic heterocycles. The fourth-order valence-electron chi connectivity index (χ4n) is 1.48. The third-order valence-corrected chi connectivity index (χ3v) is 3.51. The Labute approximate surface area is 120 Å². The lowest BCUT2D eigenvalue weighted by Crippen LogP contribution is -2.10. The Kier molecular flexibility index (Phi) is 4.62. The number of rotatable bonds is 6. The van der Waals surface area contributed by atoms with Gasteiger partial charge in [-0.25, -0.2) is 0 Å². The zero-order valence-electron chi connectivity index (χ0n) is 11.1. The first-order valence-electron chi connectivity index (χ1n) is 5.93. The second-order valence-corrected chi connectivity index (χ2v) is 5.38. The highest BCUT2D eigenvalue weighted by atomic mass is 32.2. The van der Waals surface area contributed by atoms with Gasteiger partial charge in [-0.1, -0.05) is 23.9 Å². The van der Waals surface area contributed by atoms with E-state index in [2.05, 4.69) is 10.2 Å². The Hall–Kier alpha value is -2.02. The molecule has 0 aliphatic carbocycles. The van der Waals surface area contributed by atoms with Crippen LogP contribution in [0.3, 0.4) is 0 Å². The molecule has 0 spiro atoms. The van der Waals surface area contributed by atoms with E-state index in [9.17, 15) is 4.79 Å². The fourth-order valence-corrected chi connectivity index (χ4v) is 2.11. The first-order valence-corrected chi connectivity index (χ1v) is 6.81. The number of carbonyl (C=O) groups is 1. The fraction of sp³-hybridized carbons (Fsp3) is 0.308. The standard InChI is InChI=1S/C13H14N2O4S/c1-8(12(16)17)20-13-15-14-11(19-13)7-9-3-5-10(18-2)6-4-9/h3-6,8H,7H2,1-2H3,(H,16,17). The summed E-state index contributed by atoms with van der Waals surface area (Å²) in [7, 11) is 1.61. The van der Waals surface area contributed by atoms with E-state index in [0.29, 0.717) is 12.3 Å². The molecule has 0 saturated carbocycles. The minimum atomic E-state index is -0.912. The zero-order valence-corrected chi connectivity index (χ0v) is 11.9. The van der Waals surface area contributed by atoms with Gasteiger partial charge in [-0.2, -0.15) is 0 Å². The van der Waals surface area contributed by atoms with Crippen LogP contribution in [-0.2, 0) is 11.2 Å². The van der Waals surface area contributed by atoms with E-state index >= 15 is 0 Å². The van der Waals surface area contributed by atoms with E-state index in [4.69, 9.17) is 14.3 Å². The molecular formula is C13H14N2O4S. The Morgan fingerprint density at radius 3 is 2.70 bits per heavy atom. The van der Waals surface area contributed by atoms with Crippen molar-refractivity contribution in [2.24, 2.45) is 0 Å². The van der Waals surface area contributed by atoms with E-state index in [1.54, 1.807) is 14.0 Å². The molecule has 0 aliphatic rings. The third-order valence-electron chi connectivity index (χ3n) is 2.59. The van der Waals surface area contributed by atoms with Crippen LogP contribution in [0.2, 0.25) is 0 Å². The Bertz CT molecular complexity index is 582. The van der Waals surface area contributed by atoms with Gasteiger partial charge in [-0.3, -0.25) is 4.79 Å². The van der Waals surface area contributed by atoms with Gasteiger partial charge in [0.1, 0.15) is 11.0 Å². The lowest BCUT2D eigenvalue weighted by atomic mass is 10.1. The largest absolute Gasteiger partial charge is 0.497 e. The zero-order chi connectivity index (χ0) is 14.5. The highest BCUT2D eigenvalue weighted by molar-refractivity contribution is 8.00. The van der Waals surface area contributed by atoms with Crippen molar-refractivity contribution in [3.63, 3.8) is 0 Å². The van der Waals surface area contributed by atoms with Crippen molar-refractivity contribution in [3.05, 3.63) is 35.7 Å². The molecule has 2 rings (SSSR count). The van der Waals surface area contributed by atoms with Gasteiger partial charge in [0.25, 0.3) is 5.22 Å². The number of ether oxygens (including phenoxy) is 1. The molecule has 0 fully saturated rings. The molecular weight excluding hydrogens is 280 g/mol. The molecule has 7 heteroatoms. The number of hydrogen-bond donors (Lipinski definition) is 1. The molecule has 1 N–H and O–H groups in total. The predicted octanol–water partition coefficient (Wildman–Crippen LogP) is 2.23. The SMILES string of the molecule is COc1ccc(Cc2nnc(SC(C)C(=O)O)o2)cc1. The van der Waals surface area contributed by atoms with Gasteiger partial charge in [0.05, 0.1) is 13.5 Å². The molecule has 1 heterocycles. The lowest BCUT2D eigenvalue weighted by Gasteiger charge is -2.01.